The van der Waals surface area contributed by atoms with Crippen LogP contribution >= 0.6 is 0 Å². The standard InChI is InChI=1S/C11H16F3NO3/c1-16-6-8-2-3-10(18-8)9(15)4-5-17-7-11(12,13)14/h2-3,9H,4-7,15H2,1H3. The normalized spacial score (nSPS) is 13.8. The minimum absolute atomic E-state index is 0.0685. The van der Waals surface area contributed by atoms with Gasteiger partial charge in [-0.15, -0.1) is 0 Å². The molecule has 0 aliphatic rings. The molecule has 0 bridgehead atoms. The summed E-state index contributed by atoms with van der Waals surface area (Å²) in [5.41, 5.74) is 5.76. The monoisotopic (exact) mass is 267 g/mol. The molecule has 1 unspecified atom stereocenters. The summed E-state index contributed by atoms with van der Waals surface area (Å²) in [5, 5.41) is 0. The van der Waals surface area contributed by atoms with E-state index in [1.165, 1.54) is 7.11 Å². The first kappa shape index (κ1) is 15.0. The second-order valence-electron chi connectivity index (χ2n) is 3.80. The Hall–Kier alpha value is -1.05. The topological polar surface area (TPSA) is 57.6 Å². The summed E-state index contributed by atoms with van der Waals surface area (Å²) in [7, 11) is 1.53. The molecule has 0 aliphatic heterocycles. The van der Waals surface area contributed by atoms with Gasteiger partial charge in [0.2, 0.25) is 0 Å². The van der Waals surface area contributed by atoms with Crippen LogP contribution in [-0.2, 0) is 16.1 Å². The van der Waals surface area contributed by atoms with Gasteiger partial charge < -0.3 is 19.6 Å². The van der Waals surface area contributed by atoms with Crippen molar-refractivity contribution in [2.75, 3.05) is 20.3 Å². The van der Waals surface area contributed by atoms with Crippen molar-refractivity contribution in [2.45, 2.75) is 25.2 Å². The van der Waals surface area contributed by atoms with Crippen LogP contribution in [0.4, 0.5) is 13.2 Å². The van der Waals surface area contributed by atoms with Gasteiger partial charge in [-0.3, -0.25) is 0 Å². The van der Waals surface area contributed by atoms with Crippen molar-refractivity contribution in [1.82, 2.24) is 0 Å². The Morgan fingerprint density at radius 3 is 2.72 bits per heavy atom. The van der Waals surface area contributed by atoms with Crippen LogP contribution in [0, 0.1) is 0 Å². The highest BCUT2D eigenvalue weighted by molar-refractivity contribution is 5.09. The smallest absolute Gasteiger partial charge is 0.411 e. The van der Waals surface area contributed by atoms with Crippen LogP contribution in [-0.4, -0.2) is 26.5 Å². The van der Waals surface area contributed by atoms with Gasteiger partial charge in [0, 0.05) is 13.7 Å². The first-order valence-corrected chi connectivity index (χ1v) is 5.40. The number of alkyl halides is 3. The van der Waals surface area contributed by atoms with Gasteiger partial charge in [-0.2, -0.15) is 13.2 Å². The lowest BCUT2D eigenvalue weighted by molar-refractivity contribution is -0.174. The van der Waals surface area contributed by atoms with Gasteiger partial charge in [-0.25, -0.2) is 0 Å². The lowest BCUT2D eigenvalue weighted by Gasteiger charge is -2.10. The van der Waals surface area contributed by atoms with Gasteiger partial charge in [0.25, 0.3) is 0 Å². The number of methoxy groups -OCH3 is 1. The van der Waals surface area contributed by atoms with Crippen molar-refractivity contribution >= 4 is 0 Å². The predicted octanol–water partition coefficient (Wildman–Crippen LogP) is 2.39. The second kappa shape index (κ2) is 6.77. The molecule has 1 rings (SSSR count). The third-order valence-electron chi connectivity index (χ3n) is 2.17. The van der Waals surface area contributed by atoms with Crippen molar-refractivity contribution in [3.63, 3.8) is 0 Å². The molecule has 0 spiro atoms. The minimum atomic E-state index is -4.31. The van der Waals surface area contributed by atoms with E-state index < -0.39 is 18.8 Å². The predicted molar refractivity (Wildman–Crippen MR) is 57.8 cm³/mol. The molecule has 0 fully saturated rings. The quantitative estimate of drug-likeness (QED) is 0.771. The van der Waals surface area contributed by atoms with Crippen LogP contribution in [0.1, 0.15) is 24.0 Å². The molecule has 2 N–H and O–H groups in total. The third-order valence-corrected chi connectivity index (χ3v) is 2.17. The number of nitrogens with two attached hydrogens (primary N) is 1. The van der Waals surface area contributed by atoms with Gasteiger partial charge in [-0.05, 0) is 18.6 Å². The molecule has 1 aromatic rings. The van der Waals surface area contributed by atoms with Crippen LogP contribution in [0.25, 0.3) is 0 Å². The fourth-order valence-corrected chi connectivity index (χ4v) is 1.35. The molecule has 1 aromatic heterocycles. The van der Waals surface area contributed by atoms with Gasteiger partial charge in [0.1, 0.15) is 24.7 Å². The van der Waals surface area contributed by atoms with Crippen LogP contribution in [0.2, 0.25) is 0 Å². The molecule has 18 heavy (non-hydrogen) atoms. The van der Waals surface area contributed by atoms with E-state index in [1.807, 2.05) is 0 Å². The highest BCUT2D eigenvalue weighted by Crippen LogP contribution is 2.19. The van der Waals surface area contributed by atoms with Gasteiger partial charge in [0.05, 0.1) is 6.04 Å². The molecule has 1 atom stereocenters. The van der Waals surface area contributed by atoms with Crippen LogP contribution in [0.5, 0.6) is 0 Å². The Labute approximate surface area is 103 Å². The average molecular weight is 267 g/mol. The van der Waals surface area contributed by atoms with E-state index >= 15 is 0 Å². The van der Waals surface area contributed by atoms with Crippen molar-refractivity contribution in [1.29, 1.82) is 0 Å². The molecule has 0 aliphatic carbocycles. The van der Waals surface area contributed by atoms with E-state index in [4.69, 9.17) is 14.9 Å². The van der Waals surface area contributed by atoms with Crippen molar-refractivity contribution in [3.8, 4) is 0 Å². The number of halogens is 3. The summed E-state index contributed by atoms with van der Waals surface area (Å²) in [6.07, 6.45) is -4.05. The fourth-order valence-electron chi connectivity index (χ4n) is 1.35. The van der Waals surface area contributed by atoms with Crippen molar-refractivity contribution < 1.29 is 27.1 Å². The maximum Gasteiger partial charge on any atom is 0.411 e. The summed E-state index contributed by atoms with van der Waals surface area (Å²) in [5.74, 6) is 1.14. The van der Waals surface area contributed by atoms with Gasteiger partial charge >= 0.3 is 6.18 Å². The molecular weight excluding hydrogens is 251 g/mol. The SMILES string of the molecule is COCc1ccc(C(N)CCOCC(F)(F)F)o1. The van der Waals surface area contributed by atoms with Crippen molar-refractivity contribution in [3.05, 3.63) is 23.7 Å². The Morgan fingerprint density at radius 2 is 2.11 bits per heavy atom. The molecule has 0 aromatic carbocycles. The second-order valence-corrected chi connectivity index (χ2v) is 3.80. The number of furan rings is 1. The summed E-state index contributed by atoms with van der Waals surface area (Å²) in [6, 6.07) is 2.92. The van der Waals surface area contributed by atoms with E-state index in [0.29, 0.717) is 18.1 Å². The Balaban J connectivity index is 2.29. The maximum absolute atomic E-state index is 11.8. The first-order valence-electron chi connectivity index (χ1n) is 5.40. The zero-order valence-corrected chi connectivity index (χ0v) is 10.00. The highest BCUT2D eigenvalue weighted by atomic mass is 19.4. The minimum Gasteiger partial charge on any atom is -0.462 e. The van der Waals surface area contributed by atoms with Crippen LogP contribution < -0.4 is 5.73 Å². The number of rotatable bonds is 7. The number of hydrogen-bond acceptors (Lipinski definition) is 4. The van der Waals surface area contributed by atoms with Crippen LogP contribution in [0.15, 0.2) is 16.5 Å². The highest BCUT2D eigenvalue weighted by Gasteiger charge is 2.27. The maximum atomic E-state index is 11.8. The molecule has 0 saturated heterocycles. The van der Waals surface area contributed by atoms with E-state index in [9.17, 15) is 13.2 Å². The van der Waals surface area contributed by atoms with E-state index in [-0.39, 0.29) is 13.0 Å². The molecule has 1 heterocycles. The van der Waals surface area contributed by atoms with E-state index in [0.717, 1.165) is 0 Å². The van der Waals surface area contributed by atoms with E-state index in [2.05, 4.69) is 4.74 Å². The Bertz CT molecular complexity index is 352. The largest absolute Gasteiger partial charge is 0.462 e. The first-order chi connectivity index (χ1) is 8.42. The van der Waals surface area contributed by atoms with E-state index in [1.54, 1.807) is 12.1 Å². The number of hydrogen-bond donors (Lipinski definition) is 1. The summed E-state index contributed by atoms with van der Waals surface area (Å²) in [6.45, 7) is -0.995. The molecular formula is C11H16F3NO3. The Kier molecular flexibility index (Phi) is 5.64. The lowest BCUT2D eigenvalue weighted by Crippen LogP contribution is -2.19. The van der Waals surface area contributed by atoms with Crippen LogP contribution in [0.3, 0.4) is 0 Å². The summed E-state index contributed by atoms with van der Waals surface area (Å²) >= 11 is 0. The van der Waals surface area contributed by atoms with Gasteiger partial charge in [0.15, 0.2) is 0 Å². The fraction of sp³-hybridized carbons (Fsp3) is 0.636. The average Bonchev–Trinajstić information content (AvgIpc) is 2.72. The molecule has 7 heteroatoms. The molecule has 104 valence electrons. The number of ether oxygens (including phenoxy) is 2. The zero-order chi connectivity index (χ0) is 13.6. The summed E-state index contributed by atoms with van der Waals surface area (Å²) < 4.78 is 50.1. The third kappa shape index (κ3) is 5.52. The van der Waals surface area contributed by atoms with Gasteiger partial charge in [-0.1, -0.05) is 0 Å². The molecule has 0 radical (unpaired) electrons. The van der Waals surface area contributed by atoms with Crippen molar-refractivity contribution in [2.24, 2.45) is 5.73 Å². The molecule has 0 amide bonds. The summed E-state index contributed by atoms with van der Waals surface area (Å²) in [4.78, 5) is 0. The molecule has 4 nitrogen and oxygen atoms in total. The zero-order valence-electron chi connectivity index (χ0n) is 10.00. The Morgan fingerprint density at radius 1 is 1.39 bits per heavy atom. The lowest BCUT2D eigenvalue weighted by atomic mass is 10.2. The molecule has 0 saturated carbocycles.